The molecule has 0 saturated heterocycles. The van der Waals surface area contributed by atoms with E-state index in [1.165, 1.54) is 18.2 Å². The van der Waals surface area contributed by atoms with Crippen LogP contribution in [0.2, 0.25) is 5.02 Å². The van der Waals surface area contributed by atoms with Crippen LogP contribution in [-0.2, 0) is 6.42 Å². The summed E-state index contributed by atoms with van der Waals surface area (Å²) in [5, 5.41) is 14.2. The lowest BCUT2D eigenvalue weighted by Gasteiger charge is -2.06. The first-order valence-corrected chi connectivity index (χ1v) is 11.1. The number of amides is 1. The van der Waals surface area contributed by atoms with Crippen molar-refractivity contribution in [2.24, 2.45) is 0 Å². The lowest BCUT2D eigenvalue weighted by molar-refractivity contribution is -0.384. The fraction of sp³-hybridized carbons (Fsp3) is 0.0769. The van der Waals surface area contributed by atoms with Gasteiger partial charge in [-0.2, -0.15) is 0 Å². The summed E-state index contributed by atoms with van der Waals surface area (Å²) < 4.78 is 11.5. The van der Waals surface area contributed by atoms with Crippen LogP contribution in [0.3, 0.4) is 0 Å². The molecular weight excluding hydrogens is 470 g/mol. The first kappa shape index (κ1) is 22.4. The smallest absolute Gasteiger partial charge is 0.291 e. The van der Waals surface area contributed by atoms with Gasteiger partial charge in [0.05, 0.1) is 15.5 Å². The molecule has 2 heterocycles. The summed E-state index contributed by atoms with van der Waals surface area (Å²) in [7, 11) is 0. The molecule has 35 heavy (non-hydrogen) atoms. The minimum Gasteiger partial charge on any atom is -0.451 e. The van der Waals surface area contributed by atoms with Crippen molar-refractivity contribution in [3.05, 3.63) is 99.3 Å². The molecule has 9 heteroatoms. The largest absolute Gasteiger partial charge is 0.451 e. The third-order valence-corrected chi connectivity index (χ3v) is 5.82. The van der Waals surface area contributed by atoms with Crippen molar-refractivity contribution in [3.63, 3.8) is 0 Å². The van der Waals surface area contributed by atoms with Gasteiger partial charge in [-0.1, -0.05) is 36.7 Å². The number of anilines is 1. The van der Waals surface area contributed by atoms with E-state index in [4.69, 9.17) is 20.4 Å². The minimum atomic E-state index is -0.488. The van der Waals surface area contributed by atoms with E-state index >= 15 is 0 Å². The molecule has 8 nitrogen and oxygen atoms in total. The van der Waals surface area contributed by atoms with Crippen molar-refractivity contribution in [3.8, 4) is 22.8 Å². The fourth-order valence-electron chi connectivity index (χ4n) is 3.66. The van der Waals surface area contributed by atoms with E-state index in [9.17, 15) is 14.9 Å². The Morgan fingerprint density at radius 2 is 1.91 bits per heavy atom. The van der Waals surface area contributed by atoms with E-state index in [0.717, 1.165) is 17.5 Å². The summed E-state index contributed by atoms with van der Waals surface area (Å²) in [5.74, 6) is 0.256. The Labute approximate surface area is 204 Å². The van der Waals surface area contributed by atoms with Crippen LogP contribution in [0.1, 0.15) is 23.0 Å². The molecule has 0 saturated carbocycles. The standard InChI is InChI=1S/C26H18ClN3O5/c1-2-15-6-9-23-21(12-15)29-26(35-23)19-14-17(7-8-20(19)27)28-25(31)24-11-10-22(34-24)16-4-3-5-18(13-16)30(32)33/h3-14H,2H2,1H3,(H,28,31). The number of carbonyl (C=O) groups is 1. The van der Waals surface area contributed by atoms with Gasteiger partial charge < -0.3 is 14.2 Å². The molecule has 0 atom stereocenters. The number of rotatable bonds is 6. The van der Waals surface area contributed by atoms with Gasteiger partial charge in [0.15, 0.2) is 11.3 Å². The fourth-order valence-corrected chi connectivity index (χ4v) is 3.85. The minimum absolute atomic E-state index is 0.0527. The SMILES string of the molecule is CCc1ccc2oc(-c3cc(NC(=O)c4ccc(-c5cccc([N+](=O)[O-])c5)o4)ccc3Cl)nc2c1. The number of nitro benzene ring substituents is 1. The number of furan rings is 1. The summed E-state index contributed by atoms with van der Waals surface area (Å²) in [6.45, 7) is 2.07. The van der Waals surface area contributed by atoms with E-state index < -0.39 is 10.8 Å². The first-order chi connectivity index (χ1) is 16.9. The van der Waals surface area contributed by atoms with Crippen LogP contribution in [0, 0.1) is 10.1 Å². The van der Waals surface area contributed by atoms with Gasteiger partial charge >= 0.3 is 0 Å². The van der Waals surface area contributed by atoms with Crippen molar-refractivity contribution in [1.29, 1.82) is 0 Å². The quantitative estimate of drug-likeness (QED) is 0.201. The summed E-state index contributed by atoms with van der Waals surface area (Å²) >= 11 is 6.40. The molecule has 0 spiro atoms. The Morgan fingerprint density at radius 3 is 2.71 bits per heavy atom. The van der Waals surface area contributed by atoms with Gasteiger partial charge in [-0.3, -0.25) is 14.9 Å². The molecule has 5 aromatic rings. The Bertz CT molecular complexity index is 1590. The highest BCUT2D eigenvalue weighted by Crippen LogP contribution is 2.33. The van der Waals surface area contributed by atoms with Crippen LogP contribution in [0.15, 0.2) is 81.6 Å². The van der Waals surface area contributed by atoms with Gasteiger partial charge in [0, 0.05) is 23.4 Å². The van der Waals surface area contributed by atoms with Crippen molar-refractivity contribution >= 4 is 40.0 Å². The number of aromatic nitrogens is 1. The summed E-state index contributed by atoms with van der Waals surface area (Å²) in [6.07, 6.45) is 0.885. The molecule has 0 bridgehead atoms. The molecule has 0 aliphatic heterocycles. The molecule has 0 unspecified atom stereocenters. The zero-order chi connectivity index (χ0) is 24.5. The number of carbonyl (C=O) groups excluding carboxylic acids is 1. The molecule has 0 aliphatic rings. The van der Waals surface area contributed by atoms with Crippen molar-refractivity contribution in [1.82, 2.24) is 4.98 Å². The number of hydrogen-bond acceptors (Lipinski definition) is 6. The monoisotopic (exact) mass is 487 g/mol. The van der Waals surface area contributed by atoms with E-state index in [2.05, 4.69) is 17.2 Å². The third-order valence-electron chi connectivity index (χ3n) is 5.49. The molecular formula is C26H18ClN3O5. The van der Waals surface area contributed by atoms with E-state index in [0.29, 0.717) is 39.1 Å². The van der Waals surface area contributed by atoms with Crippen LogP contribution < -0.4 is 5.32 Å². The lowest BCUT2D eigenvalue weighted by Crippen LogP contribution is -2.10. The van der Waals surface area contributed by atoms with Gasteiger partial charge in [0.2, 0.25) is 5.89 Å². The number of halogens is 1. The second-order valence-corrected chi connectivity index (χ2v) is 8.20. The Morgan fingerprint density at radius 1 is 1.06 bits per heavy atom. The number of non-ortho nitro benzene ring substituents is 1. The van der Waals surface area contributed by atoms with E-state index in [1.54, 1.807) is 36.4 Å². The number of nitrogens with one attached hydrogen (secondary N) is 1. The highest BCUT2D eigenvalue weighted by molar-refractivity contribution is 6.33. The predicted molar refractivity (Wildman–Crippen MR) is 133 cm³/mol. The second-order valence-electron chi connectivity index (χ2n) is 7.79. The van der Waals surface area contributed by atoms with Crippen molar-refractivity contribution < 1.29 is 18.6 Å². The van der Waals surface area contributed by atoms with Crippen LogP contribution in [0.25, 0.3) is 33.9 Å². The molecule has 174 valence electrons. The van der Waals surface area contributed by atoms with Crippen LogP contribution in [0.4, 0.5) is 11.4 Å². The topological polar surface area (TPSA) is 111 Å². The Balaban J connectivity index is 1.39. The third kappa shape index (κ3) is 4.51. The van der Waals surface area contributed by atoms with Crippen LogP contribution in [-0.4, -0.2) is 15.8 Å². The molecule has 0 radical (unpaired) electrons. The zero-order valence-corrected chi connectivity index (χ0v) is 19.2. The maximum absolute atomic E-state index is 12.8. The highest BCUT2D eigenvalue weighted by atomic mass is 35.5. The number of hydrogen-bond donors (Lipinski definition) is 1. The number of nitro groups is 1. The zero-order valence-electron chi connectivity index (χ0n) is 18.4. The first-order valence-electron chi connectivity index (χ1n) is 10.8. The summed E-state index contributed by atoms with van der Waals surface area (Å²) in [5.41, 5.74) is 3.96. The molecule has 0 fully saturated rings. The number of aryl methyl sites for hydroxylation is 1. The van der Waals surface area contributed by atoms with Gasteiger partial charge in [0.1, 0.15) is 11.3 Å². The second kappa shape index (κ2) is 9.08. The number of benzene rings is 3. The van der Waals surface area contributed by atoms with E-state index in [1.807, 2.05) is 18.2 Å². The van der Waals surface area contributed by atoms with Crippen LogP contribution >= 0.6 is 11.6 Å². The van der Waals surface area contributed by atoms with Crippen molar-refractivity contribution in [2.45, 2.75) is 13.3 Å². The van der Waals surface area contributed by atoms with Gasteiger partial charge in [-0.25, -0.2) is 4.98 Å². The molecule has 2 aromatic heterocycles. The molecule has 1 N–H and O–H groups in total. The number of oxazole rings is 1. The average molecular weight is 488 g/mol. The van der Waals surface area contributed by atoms with Gasteiger partial charge in [-0.05, 0) is 54.4 Å². The lowest BCUT2D eigenvalue weighted by atomic mass is 10.1. The average Bonchev–Trinajstić information content (AvgIpc) is 3.52. The Kier molecular flexibility index (Phi) is 5.80. The number of fused-ring (bicyclic) bond motifs is 1. The number of nitrogens with zero attached hydrogens (tertiary/aromatic N) is 2. The molecule has 1 amide bonds. The molecule has 0 aliphatic carbocycles. The molecule has 3 aromatic carbocycles. The van der Waals surface area contributed by atoms with Crippen LogP contribution in [0.5, 0.6) is 0 Å². The Hall–Kier alpha value is -4.43. The van der Waals surface area contributed by atoms with E-state index in [-0.39, 0.29) is 11.4 Å². The summed E-state index contributed by atoms with van der Waals surface area (Å²) in [6, 6.07) is 19.9. The predicted octanol–water partition coefficient (Wildman–Crippen LogP) is 7.13. The highest BCUT2D eigenvalue weighted by Gasteiger charge is 2.17. The molecule has 5 rings (SSSR count). The maximum Gasteiger partial charge on any atom is 0.291 e. The maximum atomic E-state index is 12.8. The van der Waals surface area contributed by atoms with Crippen molar-refractivity contribution in [2.75, 3.05) is 5.32 Å². The normalized spacial score (nSPS) is 11.0. The van der Waals surface area contributed by atoms with Gasteiger partial charge in [-0.15, -0.1) is 0 Å². The summed E-state index contributed by atoms with van der Waals surface area (Å²) in [4.78, 5) is 27.9. The van der Waals surface area contributed by atoms with Gasteiger partial charge in [0.25, 0.3) is 11.6 Å².